The molecule has 0 saturated carbocycles. The van der Waals surface area contributed by atoms with Gasteiger partial charge in [0.2, 0.25) is 0 Å². The number of aromatic nitrogens is 2. The molecule has 8 nitrogen and oxygen atoms in total. The third-order valence-electron chi connectivity index (χ3n) is 6.62. The number of likely N-dealkylation sites (N-methyl/N-ethyl adjacent to an activating group) is 1. The van der Waals surface area contributed by atoms with Crippen LogP contribution in [-0.2, 0) is 0 Å². The lowest BCUT2D eigenvalue weighted by Crippen LogP contribution is -2.23. The summed E-state index contributed by atoms with van der Waals surface area (Å²) in [4.78, 5) is 27.0. The molecule has 0 aliphatic carbocycles. The molecule has 0 radical (unpaired) electrons. The SMILES string of the molecule is COc1ccccc1-c1ccc(C(=O)Nc2ccc3nc(OCCN(C)C)c(N4CCCC4)nc3c2)cc1. The van der Waals surface area contributed by atoms with Gasteiger partial charge in [-0.25, -0.2) is 9.97 Å². The fourth-order valence-electron chi connectivity index (χ4n) is 4.55. The summed E-state index contributed by atoms with van der Waals surface area (Å²) in [5.41, 5.74) is 4.64. The minimum absolute atomic E-state index is 0.188. The molecule has 1 saturated heterocycles. The minimum atomic E-state index is -0.188. The molecule has 1 aromatic heterocycles. The van der Waals surface area contributed by atoms with E-state index in [1.165, 1.54) is 0 Å². The number of anilines is 2. The number of para-hydroxylation sites is 1. The lowest BCUT2D eigenvalue weighted by Gasteiger charge is -2.20. The minimum Gasteiger partial charge on any atom is -0.496 e. The van der Waals surface area contributed by atoms with Gasteiger partial charge in [-0.15, -0.1) is 0 Å². The van der Waals surface area contributed by atoms with Crippen LogP contribution < -0.4 is 19.7 Å². The first-order chi connectivity index (χ1) is 18.5. The average Bonchev–Trinajstić information content (AvgIpc) is 3.47. The van der Waals surface area contributed by atoms with Crippen molar-refractivity contribution in [2.24, 2.45) is 0 Å². The van der Waals surface area contributed by atoms with Crippen molar-refractivity contribution in [1.82, 2.24) is 14.9 Å². The van der Waals surface area contributed by atoms with E-state index in [9.17, 15) is 4.79 Å². The Hall–Kier alpha value is -4.17. The normalized spacial score (nSPS) is 13.2. The van der Waals surface area contributed by atoms with Crippen molar-refractivity contribution in [3.63, 3.8) is 0 Å². The molecule has 0 unspecified atom stereocenters. The van der Waals surface area contributed by atoms with E-state index >= 15 is 0 Å². The number of carbonyl (C=O) groups is 1. The number of fused-ring (bicyclic) bond motifs is 1. The molecule has 5 rings (SSSR count). The first-order valence-electron chi connectivity index (χ1n) is 12.9. The lowest BCUT2D eigenvalue weighted by molar-refractivity contribution is 0.102. The number of hydrogen-bond donors (Lipinski definition) is 1. The van der Waals surface area contributed by atoms with Gasteiger partial charge in [-0.2, -0.15) is 0 Å². The molecule has 1 aliphatic rings. The first-order valence-corrected chi connectivity index (χ1v) is 12.9. The van der Waals surface area contributed by atoms with Gasteiger partial charge >= 0.3 is 0 Å². The van der Waals surface area contributed by atoms with E-state index in [1.807, 2.05) is 80.8 Å². The van der Waals surface area contributed by atoms with Crippen LogP contribution >= 0.6 is 0 Å². The molecule has 2 heterocycles. The van der Waals surface area contributed by atoms with Crippen molar-refractivity contribution >= 4 is 28.4 Å². The van der Waals surface area contributed by atoms with Gasteiger partial charge in [0.25, 0.3) is 11.8 Å². The number of amides is 1. The van der Waals surface area contributed by atoms with Crippen LogP contribution in [0.3, 0.4) is 0 Å². The summed E-state index contributed by atoms with van der Waals surface area (Å²) in [6.45, 7) is 3.21. The molecular formula is C30H33N5O3. The van der Waals surface area contributed by atoms with E-state index in [1.54, 1.807) is 7.11 Å². The van der Waals surface area contributed by atoms with Crippen LogP contribution in [0.1, 0.15) is 23.2 Å². The van der Waals surface area contributed by atoms with E-state index in [0.717, 1.165) is 66.2 Å². The van der Waals surface area contributed by atoms with Gasteiger partial charge in [0, 0.05) is 36.4 Å². The molecular weight excluding hydrogens is 478 g/mol. The van der Waals surface area contributed by atoms with Gasteiger partial charge in [-0.05, 0) is 68.9 Å². The van der Waals surface area contributed by atoms with Gasteiger partial charge in [-0.1, -0.05) is 30.3 Å². The van der Waals surface area contributed by atoms with Gasteiger partial charge in [0.1, 0.15) is 12.4 Å². The van der Waals surface area contributed by atoms with Crippen LogP contribution in [0.4, 0.5) is 11.5 Å². The zero-order chi connectivity index (χ0) is 26.5. The number of hydrogen-bond acceptors (Lipinski definition) is 7. The fraction of sp³-hybridized carbons (Fsp3) is 0.300. The zero-order valence-corrected chi connectivity index (χ0v) is 22.1. The van der Waals surface area contributed by atoms with Crippen LogP contribution in [0.5, 0.6) is 11.6 Å². The number of methoxy groups -OCH3 is 1. The molecule has 38 heavy (non-hydrogen) atoms. The molecule has 4 aromatic rings. The Morgan fingerprint density at radius 1 is 0.974 bits per heavy atom. The van der Waals surface area contributed by atoms with Crippen LogP contribution in [-0.4, -0.2) is 68.2 Å². The highest BCUT2D eigenvalue weighted by molar-refractivity contribution is 6.05. The predicted molar refractivity (Wildman–Crippen MR) is 151 cm³/mol. The summed E-state index contributed by atoms with van der Waals surface area (Å²) in [6, 6.07) is 20.9. The molecule has 0 atom stereocenters. The summed E-state index contributed by atoms with van der Waals surface area (Å²) >= 11 is 0. The third kappa shape index (κ3) is 5.70. The Labute approximate surface area is 223 Å². The summed E-state index contributed by atoms with van der Waals surface area (Å²) in [7, 11) is 5.69. The maximum absolute atomic E-state index is 13.0. The number of nitrogens with one attached hydrogen (secondary N) is 1. The standard InChI is InChI=1S/C30H33N5O3/c1-34(2)18-19-38-30-28(35-16-6-7-17-35)32-26-20-23(14-15-25(26)33-30)31-29(36)22-12-10-21(11-13-22)24-8-4-5-9-27(24)37-3/h4-5,8-15,20H,6-7,16-19H2,1-3H3,(H,31,36). The molecule has 8 heteroatoms. The second-order valence-electron chi connectivity index (χ2n) is 9.63. The van der Waals surface area contributed by atoms with E-state index in [0.29, 0.717) is 23.7 Å². The monoisotopic (exact) mass is 511 g/mol. The first kappa shape index (κ1) is 25.5. The van der Waals surface area contributed by atoms with Gasteiger partial charge in [0.15, 0.2) is 5.82 Å². The Morgan fingerprint density at radius 2 is 1.74 bits per heavy atom. The molecule has 196 valence electrons. The molecule has 1 aliphatic heterocycles. The van der Waals surface area contributed by atoms with Crippen LogP contribution in [0.2, 0.25) is 0 Å². The molecule has 1 fully saturated rings. The molecule has 1 N–H and O–H groups in total. The van der Waals surface area contributed by atoms with Crippen LogP contribution in [0, 0.1) is 0 Å². The highest BCUT2D eigenvalue weighted by Gasteiger charge is 2.21. The number of nitrogens with zero attached hydrogens (tertiary/aromatic N) is 4. The fourth-order valence-corrected chi connectivity index (χ4v) is 4.55. The Kier molecular flexibility index (Phi) is 7.70. The summed E-state index contributed by atoms with van der Waals surface area (Å²) < 4.78 is 11.5. The molecule has 0 bridgehead atoms. The van der Waals surface area contributed by atoms with Gasteiger partial charge < -0.3 is 24.6 Å². The van der Waals surface area contributed by atoms with Crippen molar-refractivity contribution in [3.8, 4) is 22.8 Å². The highest BCUT2D eigenvalue weighted by Crippen LogP contribution is 2.31. The molecule has 3 aromatic carbocycles. The number of rotatable bonds is 9. The van der Waals surface area contributed by atoms with Crippen molar-refractivity contribution in [2.45, 2.75) is 12.8 Å². The zero-order valence-electron chi connectivity index (χ0n) is 22.1. The second kappa shape index (κ2) is 11.5. The van der Waals surface area contributed by atoms with Gasteiger partial charge in [0.05, 0.1) is 18.1 Å². The topological polar surface area (TPSA) is 79.8 Å². The summed E-state index contributed by atoms with van der Waals surface area (Å²) in [6.07, 6.45) is 2.26. The summed E-state index contributed by atoms with van der Waals surface area (Å²) in [5.74, 6) is 1.94. The Morgan fingerprint density at radius 3 is 2.47 bits per heavy atom. The van der Waals surface area contributed by atoms with Crippen molar-refractivity contribution in [3.05, 3.63) is 72.3 Å². The number of benzene rings is 3. The second-order valence-corrected chi connectivity index (χ2v) is 9.63. The van der Waals surface area contributed by atoms with Crippen molar-refractivity contribution in [2.75, 3.05) is 57.7 Å². The van der Waals surface area contributed by atoms with Crippen LogP contribution in [0.15, 0.2) is 66.7 Å². The highest BCUT2D eigenvalue weighted by atomic mass is 16.5. The number of carbonyl (C=O) groups excluding carboxylic acids is 1. The summed E-state index contributed by atoms with van der Waals surface area (Å²) in [5, 5.41) is 3.00. The maximum Gasteiger partial charge on any atom is 0.258 e. The Balaban J connectivity index is 1.35. The van der Waals surface area contributed by atoms with E-state index in [2.05, 4.69) is 15.1 Å². The number of ether oxygens (including phenoxy) is 2. The largest absolute Gasteiger partial charge is 0.496 e. The van der Waals surface area contributed by atoms with Crippen molar-refractivity contribution in [1.29, 1.82) is 0 Å². The molecule has 0 spiro atoms. The lowest BCUT2D eigenvalue weighted by atomic mass is 10.0. The quantitative estimate of drug-likeness (QED) is 0.335. The predicted octanol–water partition coefficient (Wildman–Crippen LogP) is 5.10. The smallest absolute Gasteiger partial charge is 0.258 e. The van der Waals surface area contributed by atoms with Gasteiger partial charge in [-0.3, -0.25) is 4.79 Å². The average molecular weight is 512 g/mol. The van der Waals surface area contributed by atoms with E-state index in [-0.39, 0.29) is 5.91 Å². The van der Waals surface area contributed by atoms with Crippen molar-refractivity contribution < 1.29 is 14.3 Å². The maximum atomic E-state index is 13.0. The Bertz CT molecular complexity index is 1420. The van der Waals surface area contributed by atoms with E-state index in [4.69, 9.17) is 19.4 Å². The van der Waals surface area contributed by atoms with E-state index < -0.39 is 0 Å². The molecule has 1 amide bonds. The van der Waals surface area contributed by atoms with Crippen LogP contribution in [0.25, 0.3) is 22.2 Å². The third-order valence-corrected chi connectivity index (χ3v) is 6.62.